The van der Waals surface area contributed by atoms with E-state index in [1.165, 1.54) is 4.90 Å². The molecule has 3 aliphatic rings. The Morgan fingerprint density at radius 2 is 1.88 bits per heavy atom. The van der Waals surface area contributed by atoms with Crippen LogP contribution in [-0.4, -0.2) is 65.8 Å². The molecule has 2 N–H and O–H groups in total. The first kappa shape index (κ1) is 18.1. The molecule has 2 atom stereocenters. The molecule has 3 rings (SSSR count). The van der Waals surface area contributed by atoms with Crippen LogP contribution >= 0.6 is 0 Å². The molecule has 0 radical (unpaired) electrons. The van der Waals surface area contributed by atoms with Crippen LogP contribution in [-0.2, 0) is 24.3 Å². The lowest BCUT2D eigenvalue weighted by Gasteiger charge is -2.29. The molecule has 2 aliphatic heterocycles. The first-order valence-electron chi connectivity index (χ1n) is 8.33. The number of carbonyl (C=O) groups is 3. The second-order valence-electron chi connectivity index (χ2n) is 6.68. The number of rotatable bonds is 6. The van der Waals surface area contributed by atoms with Crippen molar-refractivity contribution in [3.8, 4) is 0 Å². The fourth-order valence-corrected chi connectivity index (χ4v) is 4.18. The quantitative estimate of drug-likeness (QED) is 0.618. The van der Waals surface area contributed by atoms with Crippen molar-refractivity contribution >= 4 is 28.1 Å². The number of hydroxylamine groups is 2. The van der Waals surface area contributed by atoms with Gasteiger partial charge in [-0.25, -0.2) is 4.79 Å². The summed E-state index contributed by atoms with van der Waals surface area (Å²) < 4.78 is 34.8. The summed E-state index contributed by atoms with van der Waals surface area (Å²) >= 11 is 0. The monoisotopic (exact) mass is 375 g/mol. The lowest BCUT2D eigenvalue weighted by molar-refractivity contribution is -0.129. The lowest BCUT2D eigenvalue weighted by Crippen LogP contribution is -2.50. The second-order valence-corrected chi connectivity index (χ2v) is 7.68. The number of amides is 3. The third-order valence-electron chi connectivity index (χ3n) is 5.05. The molecule has 0 aromatic rings. The van der Waals surface area contributed by atoms with Gasteiger partial charge in [-0.1, -0.05) is 12.8 Å². The number of nitrogens with zero attached hydrogens (tertiary/aromatic N) is 2. The normalized spacial score (nSPS) is 27.0. The van der Waals surface area contributed by atoms with Crippen molar-refractivity contribution in [1.29, 1.82) is 0 Å². The summed E-state index contributed by atoms with van der Waals surface area (Å²) in [7, 11) is -4.81. The van der Waals surface area contributed by atoms with E-state index in [-0.39, 0.29) is 24.8 Å². The van der Waals surface area contributed by atoms with Gasteiger partial charge in [-0.2, -0.15) is 13.5 Å². The van der Waals surface area contributed by atoms with Crippen LogP contribution in [0.3, 0.4) is 0 Å². The number of urea groups is 1. The molecule has 140 valence electrons. The second kappa shape index (κ2) is 6.89. The summed E-state index contributed by atoms with van der Waals surface area (Å²) in [6.07, 6.45) is 4.44. The number of fused-ring (bicyclic) bond motifs is 2. The molecular formula is C14H21N3O7S. The number of hydrogen-bond donors (Lipinski definition) is 2. The Morgan fingerprint density at radius 1 is 1.20 bits per heavy atom. The first-order valence-corrected chi connectivity index (χ1v) is 9.70. The van der Waals surface area contributed by atoms with Crippen LogP contribution in [0.1, 0.15) is 38.5 Å². The summed E-state index contributed by atoms with van der Waals surface area (Å²) in [6.45, 7) is 0.0692. The van der Waals surface area contributed by atoms with E-state index >= 15 is 0 Å². The standard InChI is InChI=1S/C14H21N3O7S/c18-12(9-3-1-2-4-9)7-15-13(19)11-6-5-10-8-16(11)14(20)17(10)24-25(21,22)23/h9-11H,1-8H2,(H,15,19)(H,21,22,23)/t10-,11+/m1/s1. The van der Waals surface area contributed by atoms with Crippen LogP contribution in [0.4, 0.5) is 4.79 Å². The van der Waals surface area contributed by atoms with E-state index in [2.05, 4.69) is 9.60 Å². The van der Waals surface area contributed by atoms with Gasteiger partial charge in [-0.3, -0.25) is 14.1 Å². The van der Waals surface area contributed by atoms with Gasteiger partial charge in [0.2, 0.25) is 5.91 Å². The first-order chi connectivity index (χ1) is 11.8. The Morgan fingerprint density at radius 3 is 2.52 bits per heavy atom. The van der Waals surface area contributed by atoms with E-state index in [4.69, 9.17) is 4.55 Å². The maximum absolute atomic E-state index is 12.4. The van der Waals surface area contributed by atoms with Crippen LogP contribution in [0.15, 0.2) is 0 Å². The highest BCUT2D eigenvalue weighted by Gasteiger charge is 2.49. The van der Waals surface area contributed by atoms with Gasteiger partial charge in [0.25, 0.3) is 0 Å². The van der Waals surface area contributed by atoms with Gasteiger partial charge in [0.15, 0.2) is 5.78 Å². The zero-order chi connectivity index (χ0) is 18.2. The van der Waals surface area contributed by atoms with E-state index in [9.17, 15) is 22.8 Å². The van der Waals surface area contributed by atoms with E-state index < -0.39 is 34.4 Å². The highest BCUT2D eigenvalue weighted by Crippen LogP contribution is 2.31. The van der Waals surface area contributed by atoms with E-state index in [0.29, 0.717) is 17.9 Å². The van der Waals surface area contributed by atoms with Crippen LogP contribution in [0.25, 0.3) is 0 Å². The summed E-state index contributed by atoms with van der Waals surface area (Å²) in [6, 6.07) is -2.11. The molecule has 1 aliphatic carbocycles. The molecule has 10 nitrogen and oxygen atoms in total. The van der Waals surface area contributed by atoms with Gasteiger partial charge in [0, 0.05) is 12.5 Å². The number of hydrogen-bond acceptors (Lipinski definition) is 6. The molecule has 1 saturated carbocycles. The van der Waals surface area contributed by atoms with Crippen molar-refractivity contribution < 1.29 is 31.6 Å². The van der Waals surface area contributed by atoms with Gasteiger partial charge in [0.05, 0.1) is 12.6 Å². The predicted octanol–water partition coefficient (Wildman–Crippen LogP) is -0.135. The summed E-state index contributed by atoms with van der Waals surface area (Å²) in [5, 5.41) is 3.18. The van der Waals surface area contributed by atoms with Gasteiger partial charge in [-0.15, -0.1) is 4.28 Å². The molecule has 2 heterocycles. The molecule has 25 heavy (non-hydrogen) atoms. The minimum Gasteiger partial charge on any atom is -0.347 e. The summed E-state index contributed by atoms with van der Waals surface area (Å²) in [5.74, 6) is -0.432. The Balaban J connectivity index is 1.57. The van der Waals surface area contributed by atoms with Gasteiger partial charge >= 0.3 is 16.4 Å². The molecule has 3 amide bonds. The third kappa shape index (κ3) is 3.93. The Labute approximate surface area is 145 Å². The molecular weight excluding hydrogens is 354 g/mol. The van der Waals surface area contributed by atoms with E-state index in [1.54, 1.807) is 0 Å². The number of nitrogens with one attached hydrogen (secondary N) is 1. The van der Waals surface area contributed by atoms with Crippen molar-refractivity contribution in [2.75, 3.05) is 13.1 Å². The van der Waals surface area contributed by atoms with E-state index in [1.807, 2.05) is 0 Å². The largest absolute Gasteiger partial charge is 0.418 e. The maximum atomic E-state index is 12.4. The minimum atomic E-state index is -4.81. The van der Waals surface area contributed by atoms with Crippen molar-refractivity contribution in [2.24, 2.45) is 5.92 Å². The number of piperidine rings is 1. The van der Waals surface area contributed by atoms with Crippen LogP contribution < -0.4 is 5.32 Å². The van der Waals surface area contributed by atoms with Gasteiger partial charge in [-0.05, 0) is 25.7 Å². The predicted molar refractivity (Wildman–Crippen MR) is 83.4 cm³/mol. The van der Waals surface area contributed by atoms with Crippen molar-refractivity contribution in [3.05, 3.63) is 0 Å². The molecule has 11 heteroatoms. The van der Waals surface area contributed by atoms with Crippen LogP contribution in [0, 0.1) is 5.92 Å². The fourth-order valence-electron chi connectivity index (χ4n) is 3.79. The lowest BCUT2D eigenvalue weighted by atomic mass is 9.99. The summed E-state index contributed by atoms with van der Waals surface area (Å²) in [5.41, 5.74) is 0. The Hall–Kier alpha value is -1.72. The van der Waals surface area contributed by atoms with E-state index in [0.717, 1.165) is 25.7 Å². The van der Waals surface area contributed by atoms with Crippen LogP contribution in [0.2, 0.25) is 0 Å². The van der Waals surface area contributed by atoms with Gasteiger partial charge < -0.3 is 10.2 Å². The molecule has 3 fully saturated rings. The molecule has 0 unspecified atom stereocenters. The zero-order valence-electron chi connectivity index (χ0n) is 13.6. The number of ketones is 1. The molecule has 2 saturated heterocycles. The van der Waals surface area contributed by atoms with Crippen molar-refractivity contribution in [1.82, 2.24) is 15.3 Å². The molecule has 0 spiro atoms. The van der Waals surface area contributed by atoms with Crippen molar-refractivity contribution in [3.63, 3.8) is 0 Å². The topological polar surface area (TPSA) is 133 Å². The van der Waals surface area contributed by atoms with Crippen molar-refractivity contribution in [2.45, 2.75) is 50.6 Å². The number of Topliss-reactive ketones (excluding diaryl/α,β-unsaturated/α-hetero) is 1. The zero-order valence-corrected chi connectivity index (χ0v) is 14.4. The average Bonchev–Trinajstić information content (AvgIpc) is 3.16. The minimum absolute atomic E-state index is 0.00288. The maximum Gasteiger partial charge on any atom is 0.418 e. The third-order valence-corrected chi connectivity index (χ3v) is 5.40. The average molecular weight is 375 g/mol. The SMILES string of the molecule is O=C(CNC(=O)[C@@H]1CC[C@@H]2CN1C(=O)N2OS(=O)(=O)O)C1CCCC1. The molecule has 2 bridgehead atoms. The van der Waals surface area contributed by atoms with Crippen LogP contribution in [0.5, 0.6) is 0 Å². The Kier molecular flexibility index (Phi) is 4.98. The molecule has 0 aromatic carbocycles. The van der Waals surface area contributed by atoms with Gasteiger partial charge in [0.1, 0.15) is 6.04 Å². The Bertz CT molecular complexity index is 674. The highest BCUT2D eigenvalue weighted by molar-refractivity contribution is 7.80. The number of carbonyl (C=O) groups excluding carboxylic acids is 3. The molecule has 0 aromatic heterocycles. The highest BCUT2D eigenvalue weighted by atomic mass is 32.3. The fraction of sp³-hybridized carbons (Fsp3) is 0.786. The smallest absolute Gasteiger partial charge is 0.347 e. The summed E-state index contributed by atoms with van der Waals surface area (Å²) in [4.78, 5) is 37.8.